The Bertz CT molecular complexity index is 996. The molecule has 2 amide bonds. The van der Waals surface area contributed by atoms with Crippen molar-refractivity contribution in [2.75, 3.05) is 38.0 Å². The van der Waals surface area contributed by atoms with Gasteiger partial charge in [0.2, 0.25) is 21.7 Å². The number of nitrogens with two attached hydrogens (primary N) is 1. The zero-order chi connectivity index (χ0) is 21.0. The summed E-state index contributed by atoms with van der Waals surface area (Å²) >= 11 is 0. The zero-order valence-electron chi connectivity index (χ0n) is 16.0. The number of rotatable bonds is 6. The third-order valence-electron chi connectivity index (χ3n) is 4.60. The Hall–Kier alpha value is -2.76. The van der Waals surface area contributed by atoms with Gasteiger partial charge < -0.3 is 14.7 Å². The van der Waals surface area contributed by atoms with E-state index in [-0.39, 0.29) is 28.9 Å². The first kappa shape index (κ1) is 21.0. The zero-order valence-corrected chi connectivity index (χ0v) is 16.8. The fraction of sp³-hybridized carbons (Fsp3) is 0.389. The minimum Gasteiger partial charge on any atom is -0.351 e. The van der Waals surface area contributed by atoms with Gasteiger partial charge >= 0.3 is 0 Å². The Kier molecular flexibility index (Phi) is 6.30. The molecule has 1 aromatic heterocycles. The summed E-state index contributed by atoms with van der Waals surface area (Å²) in [6.07, 6.45) is 0.245. The summed E-state index contributed by atoms with van der Waals surface area (Å²) in [6, 6.07) is 7.42. The number of aromatic nitrogens is 1. The van der Waals surface area contributed by atoms with Crippen LogP contribution in [0.2, 0.25) is 0 Å². The summed E-state index contributed by atoms with van der Waals surface area (Å²) in [4.78, 5) is 28.3. The van der Waals surface area contributed by atoms with Crippen LogP contribution < -0.4 is 10.5 Å². The number of carbonyl (C=O) groups excluding carboxylic acids is 2. The van der Waals surface area contributed by atoms with Crippen molar-refractivity contribution in [3.05, 3.63) is 41.8 Å². The van der Waals surface area contributed by atoms with Crippen LogP contribution in [0.4, 0.5) is 5.69 Å². The van der Waals surface area contributed by atoms with Crippen molar-refractivity contribution in [1.29, 1.82) is 0 Å². The Morgan fingerprint density at radius 2 is 1.93 bits per heavy atom. The largest absolute Gasteiger partial charge is 0.351 e. The van der Waals surface area contributed by atoms with Gasteiger partial charge in [-0.3, -0.25) is 14.5 Å². The smallest absolute Gasteiger partial charge is 0.292 e. The highest BCUT2D eigenvalue weighted by molar-refractivity contribution is 7.89. The molecule has 0 spiro atoms. The second kappa shape index (κ2) is 8.72. The van der Waals surface area contributed by atoms with E-state index in [1.807, 2.05) is 0 Å². The van der Waals surface area contributed by atoms with Crippen molar-refractivity contribution in [3.63, 3.8) is 0 Å². The van der Waals surface area contributed by atoms with Crippen LogP contribution >= 0.6 is 0 Å². The van der Waals surface area contributed by atoms with Gasteiger partial charge in [-0.25, -0.2) is 13.6 Å². The fourth-order valence-electron chi connectivity index (χ4n) is 3.03. The van der Waals surface area contributed by atoms with Gasteiger partial charge in [0.05, 0.1) is 10.6 Å². The molecular weight excluding hydrogens is 398 g/mol. The van der Waals surface area contributed by atoms with Crippen LogP contribution in [0.5, 0.6) is 0 Å². The molecule has 1 saturated heterocycles. The van der Waals surface area contributed by atoms with E-state index in [9.17, 15) is 18.0 Å². The van der Waals surface area contributed by atoms with E-state index >= 15 is 0 Å². The van der Waals surface area contributed by atoms with Gasteiger partial charge in [-0.05, 0) is 25.1 Å². The van der Waals surface area contributed by atoms with Crippen molar-refractivity contribution < 1.29 is 22.5 Å². The highest BCUT2D eigenvalue weighted by atomic mass is 32.2. The van der Waals surface area contributed by atoms with E-state index in [0.29, 0.717) is 44.1 Å². The van der Waals surface area contributed by atoms with Crippen molar-refractivity contribution in [2.45, 2.75) is 18.2 Å². The van der Waals surface area contributed by atoms with Crippen LogP contribution in [-0.4, -0.2) is 67.9 Å². The molecule has 0 atom stereocenters. The van der Waals surface area contributed by atoms with Gasteiger partial charge in [0.25, 0.3) is 5.91 Å². The topological polar surface area (TPSA) is 139 Å². The molecule has 2 aromatic rings. The van der Waals surface area contributed by atoms with Gasteiger partial charge in [-0.1, -0.05) is 11.2 Å². The molecule has 29 heavy (non-hydrogen) atoms. The number of aryl methyl sites for hydroxylation is 1. The molecule has 0 radical (unpaired) electrons. The van der Waals surface area contributed by atoms with Gasteiger partial charge in [0.1, 0.15) is 0 Å². The average molecular weight is 421 g/mol. The summed E-state index contributed by atoms with van der Waals surface area (Å²) in [5, 5.41) is 11.5. The van der Waals surface area contributed by atoms with Gasteiger partial charge in [0, 0.05) is 50.9 Å². The lowest BCUT2D eigenvalue weighted by Crippen LogP contribution is -2.49. The number of hydrogen-bond donors (Lipinski definition) is 2. The Labute approximate surface area is 168 Å². The molecular formula is C18H23N5O5S. The first-order chi connectivity index (χ1) is 13.7. The average Bonchev–Trinajstić information content (AvgIpc) is 3.12. The highest BCUT2D eigenvalue weighted by Crippen LogP contribution is 2.15. The maximum atomic E-state index is 12.3. The third-order valence-corrected chi connectivity index (χ3v) is 5.51. The lowest BCUT2D eigenvalue weighted by atomic mass is 10.2. The van der Waals surface area contributed by atoms with E-state index in [4.69, 9.17) is 9.66 Å². The molecule has 2 heterocycles. The predicted octanol–water partition coefficient (Wildman–Crippen LogP) is 0.417. The van der Waals surface area contributed by atoms with Crippen LogP contribution in [-0.2, 0) is 14.8 Å². The van der Waals surface area contributed by atoms with E-state index < -0.39 is 10.0 Å². The second-order valence-corrected chi connectivity index (χ2v) is 8.40. The van der Waals surface area contributed by atoms with Crippen LogP contribution in [0.15, 0.2) is 39.8 Å². The monoisotopic (exact) mass is 421 g/mol. The molecule has 0 aliphatic carbocycles. The maximum Gasteiger partial charge on any atom is 0.292 e. The molecule has 0 saturated carbocycles. The number of hydrogen-bond acceptors (Lipinski definition) is 7. The van der Waals surface area contributed by atoms with E-state index in [2.05, 4.69) is 15.4 Å². The lowest BCUT2D eigenvalue weighted by molar-refractivity contribution is -0.116. The Balaban J connectivity index is 1.44. The van der Waals surface area contributed by atoms with Crippen molar-refractivity contribution in [1.82, 2.24) is 15.0 Å². The molecule has 1 fully saturated rings. The fourth-order valence-corrected chi connectivity index (χ4v) is 3.59. The number of carbonyl (C=O) groups is 2. The minimum absolute atomic E-state index is 0.0574. The van der Waals surface area contributed by atoms with Crippen LogP contribution in [0.3, 0.4) is 0 Å². The molecule has 3 N–H and O–H groups in total. The Morgan fingerprint density at radius 1 is 1.21 bits per heavy atom. The summed E-state index contributed by atoms with van der Waals surface area (Å²) in [5.41, 5.74) is 1.03. The number of nitrogens with zero attached hydrogens (tertiary/aromatic N) is 3. The van der Waals surface area contributed by atoms with Crippen LogP contribution in [0, 0.1) is 6.92 Å². The van der Waals surface area contributed by atoms with Crippen molar-refractivity contribution in [3.8, 4) is 0 Å². The normalized spacial score (nSPS) is 15.3. The minimum atomic E-state index is -3.82. The van der Waals surface area contributed by atoms with E-state index in [1.54, 1.807) is 24.0 Å². The summed E-state index contributed by atoms with van der Waals surface area (Å²) < 4.78 is 27.8. The van der Waals surface area contributed by atoms with Crippen molar-refractivity contribution >= 4 is 27.5 Å². The number of benzene rings is 1. The SMILES string of the molecule is Cc1cc(C(=O)N2CCN(CCC(=O)Nc3cccc(S(N)(=O)=O)c3)CC2)on1. The van der Waals surface area contributed by atoms with Gasteiger partial charge in [-0.2, -0.15) is 0 Å². The number of piperazine rings is 1. The summed E-state index contributed by atoms with van der Waals surface area (Å²) in [6.45, 7) is 4.66. The highest BCUT2D eigenvalue weighted by Gasteiger charge is 2.24. The van der Waals surface area contributed by atoms with Gasteiger partial charge in [-0.15, -0.1) is 0 Å². The van der Waals surface area contributed by atoms with Crippen LogP contribution in [0.1, 0.15) is 22.7 Å². The number of amides is 2. The summed E-state index contributed by atoms with van der Waals surface area (Å²) in [7, 11) is -3.82. The molecule has 0 unspecified atom stereocenters. The quantitative estimate of drug-likeness (QED) is 0.689. The molecule has 1 aromatic carbocycles. The molecule has 11 heteroatoms. The third kappa shape index (κ3) is 5.62. The number of anilines is 1. The summed E-state index contributed by atoms with van der Waals surface area (Å²) in [5.74, 6) is -0.179. The van der Waals surface area contributed by atoms with Gasteiger partial charge in [0.15, 0.2) is 0 Å². The first-order valence-electron chi connectivity index (χ1n) is 9.10. The predicted molar refractivity (Wildman–Crippen MR) is 105 cm³/mol. The number of nitrogens with one attached hydrogen (secondary N) is 1. The molecule has 1 aliphatic heterocycles. The standard InChI is InChI=1S/C18H23N5O5S/c1-13-11-16(28-21-13)18(25)23-9-7-22(8-10-23)6-5-17(24)20-14-3-2-4-15(12-14)29(19,26)27/h2-4,11-12H,5-10H2,1H3,(H,20,24)(H2,19,26,27). The first-order valence-corrected chi connectivity index (χ1v) is 10.6. The number of sulfonamides is 1. The lowest BCUT2D eigenvalue weighted by Gasteiger charge is -2.34. The Morgan fingerprint density at radius 3 is 2.55 bits per heavy atom. The number of primary sulfonamides is 1. The van der Waals surface area contributed by atoms with E-state index in [1.165, 1.54) is 18.2 Å². The van der Waals surface area contributed by atoms with Crippen molar-refractivity contribution in [2.24, 2.45) is 5.14 Å². The molecule has 1 aliphatic rings. The second-order valence-electron chi connectivity index (χ2n) is 6.84. The molecule has 3 rings (SSSR count). The maximum absolute atomic E-state index is 12.3. The molecule has 156 valence electrons. The molecule has 0 bridgehead atoms. The molecule has 10 nitrogen and oxygen atoms in total. The van der Waals surface area contributed by atoms with Crippen LogP contribution in [0.25, 0.3) is 0 Å². The van der Waals surface area contributed by atoms with E-state index in [0.717, 1.165) is 0 Å².